The third kappa shape index (κ3) is 5.24. The predicted molar refractivity (Wildman–Crippen MR) is 93.0 cm³/mol. The molecule has 0 heterocycles. The van der Waals surface area contributed by atoms with Crippen LogP contribution in [-0.4, -0.2) is 26.3 Å². The summed E-state index contributed by atoms with van der Waals surface area (Å²) in [6.07, 6.45) is 1.94. The number of sulfonamides is 1. The van der Waals surface area contributed by atoms with Crippen LogP contribution < -0.4 is 56.7 Å². The van der Waals surface area contributed by atoms with Crippen LogP contribution in [0.1, 0.15) is 39.1 Å². The third-order valence-corrected chi connectivity index (χ3v) is 5.18. The Balaban J connectivity index is 0.00000243. The zero-order valence-corrected chi connectivity index (χ0v) is 18.5. The molecule has 8 heteroatoms. The van der Waals surface area contributed by atoms with Crippen molar-refractivity contribution in [1.29, 1.82) is 0 Å². The molecular weight excluding hydrogens is 379 g/mol. The van der Waals surface area contributed by atoms with Crippen molar-refractivity contribution >= 4 is 21.8 Å². The number of carbonyl (C=O) groups excluding carboxylic acids is 2. The Morgan fingerprint density at radius 1 is 1.04 bits per heavy atom. The normalized spacial score (nSPS) is 13.4. The first-order valence-corrected chi connectivity index (χ1v) is 9.30. The molecular formula is C18H17KN2O4S. The fraction of sp³-hybridized carbons (Fsp3) is 0.222. The molecule has 6 nitrogen and oxygen atoms in total. The summed E-state index contributed by atoms with van der Waals surface area (Å²) in [5.74, 6) is -1.05. The summed E-state index contributed by atoms with van der Waals surface area (Å²) >= 11 is 0. The molecule has 1 aliphatic rings. The molecule has 0 unspecified atom stereocenters. The van der Waals surface area contributed by atoms with Crippen molar-refractivity contribution in [2.24, 2.45) is 0 Å². The van der Waals surface area contributed by atoms with Crippen molar-refractivity contribution in [2.45, 2.75) is 30.7 Å². The molecule has 0 aliphatic heterocycles. The maximum atomic E-state index is 12.3. The summed E-state index contributed by atoms with van der Waals surface area (Å²) in [5, 5.41) is 2.82. The van der Waals surface area contributed by atoms with Gasteiger partial charge in [-0.15, -0.1) is 0 Å². The Morgan fingerprint density at radius 2 is 1.65 bits per heavy atom. The number of amides is 2. The monoisotopic (exact) mass is 396 g/mol. The smallest absolute Gasteiger partial charge is 0.538 e. The standard InChI is InChI=1S/C18H18N2O4S.K/c1-12-4-2-3-5-16(12)18(22)20-25(23,24)15-10-6-13(7-11-15)17(21)19-14-8-9-14;/h2-7,10-11,14H,8-9H2,1H3,(H2,19,20,21,22);/q;+1/p-1. The van der Waals surface area contributed by atoms with Gasteiger partial charge in [0, 0.05) is 17.2 Å². The molecule has 1 fully saturated rings. The topological polar surface area (TPSA) is 94.4 Å². The van der Waals surface area contributed by atoms with Crippen LogP contribution in [0.5, 0.6) is 0 Å². The van der Waals surface area contributed by atoms with Crippen molar-refractivity contribution in [1.82, 2.24) is 5.32 Å². The zero-order valence-electron chi connectivity index (χ0n) is 14.6. The van der Waals surface area contributed by atoms with Gasteiger partial charge in [0.05, 0.1) is 10.8 Å². The van der Waals surface area contributed by atoms with E-state index in [0.29, 0.717) is 11.1 Å². The minimum atomic E-state index is -4.13. The Bertz CT molecular complexity index is 922. The molecule has 0 aromatic heterocycles. The molecule has 1 saturated carbocycles. The van der Waals surface area contributed by atoms with E-state index < -0.39 is 15.9 Å². The quantitative estimate of drug-likeness (QED) is 0.708. The van der Waals surface area contributed by atoms with E-state index in [4.69, 9.17) is 0 Å². The SMILES string of the molecule is Cc1ccccc1C(=O)[N-]S(=O)(=O)c1ccc(C(=O)NC2CC2)cc1.[K+]. The van der Waals surface area contributed by atoms with E-state index in [2.05, 4.69) is 10.0 Å². The maximum Gasteiger partial charge on any atom is 1.00 e. The molecule has 2 aromatic rings. The third-order valence-electron chi connectivity index (χ3n) is 3.91. The van der Waals surface area contributed by atoms with Crippen LogP contribution in [0, 0.1) is 6.92 Å². The zero-order chi connectivity index (χ0) is 18.0. The maximum absolute atomic E-state index is 12.3. The Morgan fingerprint density at radius 3 is 2.23 bits per heavy atom. The Labute approximate surface area is 195 Å². The van der Waals surface area contributed by atoms with E-state index in [9.17, 15) is 18.0 Å². The molecule has 1 N–H and O–H groups in total. The van der Waals surface area contributed by atoms with Crippen molar-refractivity contribution in [3.8, 4) is 0 Å². The van der Waals surface area contributed by atoms with Crippen LogP contribution in [0.15, 0.2) is 53.4 Å². The molecule has 3 rings (SSSR count). The summed E-state index contributed by atoms with van der Waals surface area (Å²) in [5.41, 5.74) is 1.26. The molecule has 1 aliphatic carbocycles. The molecule has 26 heavy (non-hydrogen) atoms. The molecule has 0 radical (unpaired) electrons. The van der Waals surface area contributed by atoms with Gasteiger partial charge >= 0.3 is 51.4 Å². The molecule has 130 valence electrons. The van der Waals surface area contributed by atoms with Gasteiger partial charge < -0.3 is 14.8 Å². The van der Waals surface area contributed by atoms with E-state index in [-0.39, 0.29) is 73.8 Å². The average Bonchev–Trinajstić information content (AvgIpc) is 3.39. The number of carbonyl (C=O) groups is 2. The number of rotatable bonds is 5. The number of nitrogens with zero attached hydrogens (tertiary/aromatic N) is 1. The van der Waals surface area contributed by atoms with E-state index in [0.717, 1.165) is 12.8 Å². The Hall–Kier alpha value is -1.03. The van der Waals surface area contributed by atoms with Gasteiger partial charge in [-0.1, -0.05) is 24.3 Å². The predicted octanol–water partition coefficient (Wildman–Crippen LogP) is -0.206. The van der Waals surface area contributed by atoms with Crippen molar-refractivity contribution in [3.05, 3.63) is 69.9 Å². The number of nitrogens with one attached hydrogen (secondary N) is 1. The van der Waals surface area contributed by atoms with Crippen molar-refractivity contribution < 1.29 is 69.4 Å². The van der Waals surface area contributed by atoms with Gasteiger partial charge in [-0.25, -0.2) is 8.42 Å². The average molecular weight is 397 g/mol. The van der Waals surface area contributed by atoms with Crippen molar-refractivity contribution in [3.63, 3.8) is 0 Å². The summed E-state index contributed by atoms with van der Waals surface area (Å²) < 4.78 is 28.0. The largest absolute Gasteiger partial charge is 1.00 e. The van der Waals surface area contributed by atoms with E-state index in [1.807, 2.05) is 0 Å². The molecule has 0 bridgehead atoms. The summed E-state index contributed by atoms with van der Waals surface area (Å²) in [6, 6.07) is 12.3. The minimum Gasteiger partial charge on any atom is -0.538 e. The molecule has 2 amide bonds. The van der Waals surface area contributed by atoms with Crippen molar-refractivity contribution in [2.75, 3.05) is 0 Å². The summed E-state index contributed by atoms with van der Waals surface area (Å²) in [6.45, 7) is 1.71. The number of hydrogen-bond donors (Lipinski definition) is 1. The van der Waals surface area contributed by atoms with Gasteiger partial charge in [-0.3, -0.25) is 4.79 Å². The van der Waals surface area contributed by atoms with Gasteiger partial charge in [-0.05, 0) is 49.6 Å². The fourth-order valence-corrected chi connectivity index (χ4v) is 3.20. The van der Waals surface area contributed by atoms with Gasteiger partial charge in [0.2, 0.25) is 0 Å². The van der Waals surface area contributed by atoms with Gasteiger partial charge in [0.25, 0.3) is 5.91 Å². The van der Waals surface area contributed by atoms with Gasteiger partial charge in [-0.2, -0.15) is 0 Å². The molecule has 2 aromatic carbocycles. The molecule has 0 atom stereocenters. The van der Waals surface area contributed by atoms with Crippen LogP contribution in [0.25, 0.3) is 4.72 Å². The number of benzene rings is 2. The van der Waals surface area contributed by atoms with Gasteiger partial charge in [0.15, 0.2) is 0 Å². The second-order valence-electron chi connectivity index (χ2n) is 5.96. The second kappa shape index (κ2) is 8.77. The summed E-state index contributed by atoms with van der Waals surface area (Å²) in [7, 11) is -4.13. The van der Waals surface area contributed by atoms with Gasteiger partial charge in [0.1, 0.15) is 10.0 Å². The Kier molecular flexibility index (Phi) is 7.17. The fourth-order valence-electron chi connectivity index (χ4n) is 2.30. The second-order valence-corrected chi connectivity index (χ2v) is 7.56. The molecule has 0 saturated heterocycles. The van der Waals surface area contributed by atoms with E-state index in [1.165, 1.54) is 30.3 Å². The minimum absolute atomic E-state index is 0. The van der Waals surface area contributed by atoms with E-state index in [1.54, 1.807) is 25.1 Å². The van der Waals surface area contributed by atoms with Crippen LogP contribution in [0.2, 0.25) is 0 Å². The first kappa shape index (κ1) is 21.3. The van der Waals surface area contributed by atoms with Crippen LogP contribution >= 0.6 is 0 Å². The van der Waals surface area contributed by atoms with E-state index >= 15 is 0 Å². The van der Waals surface area contributed by atoms with Crippen LogP contribution in [0.4, 0.5) is 0 Å². The molecule has 0 spiro atoms. The number of aryl methyl sites for hydroxylation is 1. The van der Waals surface area contributed by atoms with Crippen LogP contribution in [-0.2, 0) is 10.0 Å². The number of hydrogen-bond acceptors (Lipinski definition) is 4. The first-order valence-electron chi connectivity index (χ1n) is 7.86. The summed E-state index contributed by atoms with van der Waals surface area (Å²) in [4.78, 5) is 23.9. The first-order chi connectivity index (χ1) is 11.9. The van der Waals surface area contributed by atoms with Crippen LogP contribution in [0.3, 0.4) is 0 Å².